The van der Waals surface area contributed by atoms with Gasteiger partial charge in [0.05, 0.1) is 5.75 Å². The molecule has 0 aromatic heterocycles. The van der Waals surface area contributed by atoms with E-state index in [0.29, 0.717) is 0 Å². The van der Waals surface area contributed by atoms with Crippen LogP contribution in [0.4, 0.5) is 0 Å². The van der Waals surface area contributed by atoms with Crippen LogP contribution in [0.1, 0.15) is 6.92 Å². The molecule has 0 spiro atoms. The Bertz CT molecular complexity index is 226. The highest BCUT2D eigenvalue weighted by Gasteiger charge is 2.07. The average molecular weight is 174 g/mol. The maximum Gasteiger partial charge on any atom is 0.281 e. The predicted molar refractivity (Wildman–Crippen MR) is 30.9 cm³/mol. The summed E-state index contributed by atoms with van der Waals surface area (Å²) < 4.78 is 43.1. The van der Waals surface area contributed by atoms with E-state index in [9.17, 15) is 16.8 Å². The Morgan fingerprint density at radius 1 is 1.44 bits per heavy atom. The van der Waals surface area contributed by atoms with Crippen molar-refractivity contribution in [2.24, 2.45) is 0 Å². The lowest BCUT2D eigenvalue weighted by Crippen LogP contribution is -2.06. The molecule has 0 saturated heterocycles. The second-order valence-electron chi connectivity index (χ2n) is 1.14. The van der Waals surface area contributed by atoms with Crippen molar-refractivity contribution >= 4 is 21.1 Å². The standard InChI is InChI=1S/C2H6O5S2/c1-2-9(5,6)7-8(3)4/h8H,2H2,1H3. The van der Waals surface area contributed by atoms with Gasteiger partial charge in [0.1, 0.15) is 0 Å². The van der Waals surface area contributed by atoms with Crippen LogP contribution in [0.15, 0.2) is 0 Å². The molecule has 7 heteroatoms. The van der Waals surface area contributed by atoms with Gasteiger partial charge in [-0.2, -0.15) is 8.42 Å². The fourth-order valence-electron chi connectivity index (χ4n) is 0.145. The van der Waals surface area contributed by atoms with Gasteiger partial charge in [0.2, 0.25) is 0 Å². The number of thiol groups is 1. The van der Waals surface area contributed by atoms with Crippen LogP contribution in [0.3, 0.4) is 0 Å². The van der Waals surface area contributed by atoms with E-state index in [0.717, 1.165) is 0 Å². The van der Waals surface area contributed by atoms with E-state index < -0.39 is 21.1 Å². The molecule has 0 amide bonds. The van der Waals surface area contributed by atoms with Gasteiger partial charge in [-0.15, -0.1) is 3.63 Å². The van der Waals surface area contributed by atoms with Gasteiger partial charge in [-0.25, -0.2) is 8.42 Å². The highest BCUT2D eigenvalue weighted by Crippen LogP contribution is 1.90. The third kappa shape index (κ3) is 4.37. The first kappa shape index (κ1) is 8.86. The molecule has 0 rings (SSSR count). The lowest BCUT2D eigenvalue weighted by molar-refractivity contribution is 0.478. The predicted octanol–water partition coefficient (Wildman–Crippen LogP) is -1.12. The summed E-state index contributed by atoms with van der Waals surface area (Å²) in [6.07, 6.45) is 0. The third-order valence-electron chi connectivity index (χ3n) is 0.528. The summed E-state index contributed by atoms with van der Waals surface area (Å²) >= 11 is 0. The Hall–Kier alpha value is -0.140. The Morgan fingerprint density at radius 3 is 2.00 bits per heavy atom. The molecule has 0 radical (unpaired) electrons. The minimum Gasteiger partial charge on any atom is -0.201 e. The Kier molecular flexibility index (Phi) is 3.09. The van der Waals surface area contributed by atoms with Crippen molar-refractivity contribution in [2.45, 2.75) is 6.92 Å². The molecule has 5 nitrogen and oxygen atoms in total. The Morgan fingerprint density at radius 2 is 1.89 bits per heavy atom. The molecule has 0 aliphatic carbocycles. The molecular formula is C2H6O5S2. The first-order valence-corrected chi connectivity index (χ1v) is 4.72. The van der Waals surface area contributed by atoms with Crippen LogP contribution in [0.5, 0.6) is 0 Å². The van der Waals surface area contributed by atoms with Crippen molar-refractivity contribution in [1.29, 1.82) is 0 Å². The molecular weight excluding hydrogens is 168 g/mol. The zero-order valence-corrected chi connectivity index (χ0v) is 6.31. The van der Waals surface area contributed by atoms with Gasteiger partial charge < -0.3 is 0 Å². The van der Waals surface area contributed by atoms with Crippen molar-refractivity contribution in [3.63, 3.8) is 0 Å². The quantitative estimate of drug-likeness (QED) is 0.548. The van der Waals surface area contributed by atoms with Crippen molar-refractivity contribution in [3.05, 3.63) is 0 Å². The van der Waals surface area contributed by atoms with E-state index in [1.165, 1.54) is 6.92 Å². The summed E-state index contributed by atoms with van der Waals surface area (Å²) in [4.78, 5) is 0. The number of hydrogen-bond acceptors (Lipinski definition) is 5. The van der Waals surface area contributed by atoms with E-state index in [4.69, 9.17) is 0 Å². The van der Waals surface area contributed by atoms with Crippen molar-refractivity contribution in [1.82, 2.24) is 0 Å². The smallest absolute Gasteiger partial charge is 0.201 e. The summed E-state index contributed by atoms with van der Waals surface area (Å²) in [6, 6.07) is 0. The summed E-state index contributed by atoms with van der Waals surface area (Å²) in [5.74, 6) is -0.337. The van der Waals surface area contributed by atoms with Gasteiger partial charge in [0.15, 0.2) is 0 Å². The molecule has 9 heavy (non-hydrogen) atoms. The van der Waals surface area contributed by atoms with Gasteiger partial charge in [0.25, 0.3) is 21.1 Å². The fraction of sp³-hybridized carbons (Fsp3) is 1.00. The van der Waals surface area contributed by atoms with E-state index in [1.807, 2.05) is 0 Å². The van der Waals surface area contributed by atoms with E-state index in [-0.39, 0.29) is 5.75 Å². The maximum atomic E-state index is 10.2. The van der Waals surface area contributed by atoms with E-state index in [2.05, 4.69) is 3.63 Å². The number of rotatable bonds is 3. The van der Waals surface area contributed by atoms with Crippen molar-refractivity contribution in [3.8, 4) is 0 Å². The second-order valence-corrected chi connectivity index (χ2v) is 3.88. The van der Waals surface area contributed by atoms with Crippen LogP contribution in [0, 0.1) is 0 Å². The molecule has 0 aliphatic rings. The molecule has 0 aliphatic heterocycles. The molecule has 0 aromatic rings. The normalized spacial score (nSPS) is 12.2. The molecule has 0 fully saturated rings. The summed E-state index contributed by atoms with van der Waals surface area (Å²) in [5.41, 5.74) is 0. The monoisotopic (exact) mass is 174 g/mol. The van der Waals surface area contributed by atoms with Crippen molar-refractivity contribution in [2.75, 3.05) is 5.75 Å². The number of hydrogen-bond donors (Lipinski definition) is 1. The van der Waals surface area contributed by atoms with Crippen molar-refractivity contribution < 1.29 is 20.5 Å². The highest BCUT2D eigenvalue weighted by atomic mass is 32.3. The SMILES string of the molecule is CCS(=O)(=O)O[SH](=O)=O. The Balaban J connectivity index is 4.23. The average Bonchev–Trinajstić information content (AvgIpc) is 1.63. The van der Waals surface area contributed by atoms with Crippen LogP contribution in [0.2, 0.25) is 0 Å². The molecule has 56 valence electrons. The molecule has 0 aromatic carbocycles. The first-order chi connectivity index (χ1) is 3.98. The molecule has 0 unspecified atom stereocenters. The van der Waals surface area contributed by atoms with Gasteiger partial charge in [-0.3, -0.25) is 0 Å². The molecule has 0 atom stereocenters. The largest absolute Gasteiger partial charge is 0.281 e. The lowest BCUT2D eigenvalue weighted by atomic mass is 11.0. The van der Waals surface area contributed by atoms with Crippen LogP contribution < -0.4 is 0 Å². The maximum absolute atomic E-state index is 10.2. The fourth-order valence-corrected chi connectivity index (χ4v) is 1.31. The van der Waals surface area contributed by atoms with Crippen LogP contribution in [-0.2, 0) is 24.7 Å². The summed E-state index contributed by atoms with van der Waals surface area (Å²) in [6.45, 7) is 1.29. The van der Waals surface area contributed by atoms with Gasteiger partial charge in [0, 0.05) is 0 Å². The van der Waals surface area contributed by atoms with Crippen LogP contribution in [-0.4, -0.2) is 22.6 Å². The van der Waals surface area contributed by atoms with Crippen LogP contribution >= 0.6 is 0 Å². The topological polar surface area (TPSA) is 77.5 Å². The van der Waals surface area contributed by atoms with E-state index in [1.54, 1.807) is 0 Å². The van der Waals surface area contributed by atoms with Gasteiger partial charge in [-0.1, -0.05) is 0 Å². The zero-order valence-electron chi connectivity index (χ0n) is 4.60. The second kappa shape index (κ2) is 3.14. The minimum absolute atomic E-state index is 0.337. The van der Waals surface area contributed by atoms with Crippen LogP contribution in [0.25, 0.3) is 0 Å². The van der Waals surface area contributed by atoms with Gasteiger partial charge >= 0.3 is 0 Å². The zero-order chi connectivity index (χ0) is 7.49. The lowest BCUT2D eigenvalue weighted by Gasteiger charge is -1.90. The third-order valence-corrected chi connectivity index (χ3v) is 2.63. The first-order valence-electron chi connectivity index (χ1n) is 2.04. The Labute approximate surface area is 54.9 Å². The summed E-state index contributed by atoms with van der Waals surface area (Å²) in [5, 5.41) is 0. The van der Waals surface area contributed by atoms with Gasteiger partial charge in [-0.05, 0) is 6.92 Å². The highest BCUT2D eigenvalue weighted by molar-refractivity contribution is 7.93. The minimum atomic E-state index is -3.81. The molecule has 0 bridgehead atoms. The summed E-state index contributed by atoms with van der Waals surface area (Å²) in [7, 11) is -7.10. The molecule has 0 N–H and O–H groups in total. The molecule has 0 heterocycles. The molecule has 0 saturated carbocycles. The van der Waals surface area contributed by atoms with E-state index >= 15 is 0 Å².